The SMILES string of the molecule is COc1ncccc1NC(C)CO. The lowest BCUT2D eigenvalue weighted by atomic mass is 10.3. The van der Waals surface area contributed by atoms with E-state index in [9.17, 15) is 0 Å². The Morgan fingerprint density at radius 1 is 1.69 bits per heavy atom. The van der Waals surface area contributed by atoms with Crippen LogP contribution in [0.1, 0.15) is 6.92 Å². The van der Waals surface area contributed by atoms with Crippen LogP contribution in [-0.4, -0.2) is 29.8 Å². The lowest BCUT2D eigenvalue weighted by Gasteiger charge is -2.13. The molecule has 0 aliphatic heterocycles. The molecule has 0 aliphatic carbocycles. The number of rotatable bonds is 4. The Balaban J connectivity index is 2.74. The van der Waals surface area contributed by atoms with Crippen molar-refractivity contribution < 1.29 is 9.84 Å². The van der Waals surface area contributed by atoms with Crippen LogP contribution in [0, 0.1) is 0 Å². The largest absolute Gasteiger partial charge is 0.480 e. The van der Waals surface area contributed by atoms with Crippen molar-refractivity contribution >= 4 is 5.69 Å². The fraction of sp³-hybridized carbons (Fsp3) is 0.444. The Hall–Kier alpha value is -1.29. The molecule has 0 spiro atoms. The van der Waals surface area contributed by atoms with E-state index in [0.29, 0.717) is 5.88 Å². The molecule has 72 valence electrons. The third-order valence-electron chi connectivity index (χ3n) is 1.64. The number of aliphatic hydroxyl groups is 1. The van der Waals surface area contributed by atoms with Crippen molar-refractivity contribution in [1.82, 2.24) is 4.98 Å². The molecule has 0 aromatic carbocycles. The molecule has 1 atom stereocenters. The standard InChI is InChI=1S/C9H14N2O2/c1-7(6-12)11-8-4-3-5-10-9(8)13-2/h3-5,7,11-12H,6H2,1-2H3. The zero-order valence-corrected chi connectivity index (χ0v) is 7.82. The molecule has 0 fully saturated rings. The second kappa shape index (κ2) is 4.67. The van der Waals surface area contributed by atoms with Crippen molar-refractivity contribution in [3.05, 3.63) is 18.3 Å². The summed E-state index contributed by atoms with van der Waals surface area (Å²) >= 11 is 0. The van der Waals surface area contributed by atoms with E-state index in [2.05, 4.69) is 10.3 Å². The molecule has 1 aromatic rings. The Labute approximate surface area is 77.6 Å². The molecule has 0 radical (unpaired) electrons. The lowest BCUT2D eigenvalue weighted by Crippen LogP contribution is -2.19. The van der Waals surface area contributed by atoms with E-state index in [1.807, 2.05) is 19.1 Å². The minimum absolute atomic E-state index is 0.00176. The molecule has 1 rings (SSSR count). The predicted molar refractivity (Wildman–Crippen MR) is 51.0 cm³/mol. The van der Waals surface area contributed by atoms with Crippen LogP contribution in [0.2, 0.25) is 0 Å². The van der Waals surface area contributed by atoms with Crippen molar-refractivity contribution in [2.75, 3.05) is 19.0 Å². The minimum atomic E-state index is -0.00176. The molecule has 0 saturated heterocycles. The first-order valence-electron chi connectivity index (χ1n) is 4.14. The van der Waals surface area contributed by atoms with E-state index in [1.165, 1.54) is 0 Å². The average Bonchev–Trinajstić information content (AvgIpc) is 2.18. The molecule has 1 unspecified atom stereocenters. The van der Waals surface area contributed by atoms with Gasteiger partial charge in [-0.25, -0.2) is 4.98 Å². The van der Waals surface area contributed by atoms with Gasteiger partial charge < -0.3 is 15.2 Å². The van der Waals surface area contributed by atoms with Crippen molar-refractivity contribution in [2.45, 2.75) is 13.0 Å². The predicted octanol–water partition coefficient (Wildman–Crippen LogP) is 0.883. The van der Waals surface area contributed by atoms with Gasteiger partial charge >= 0.3 is 0 Å². The molecular formula is C9H14N2O2. The van der Waals surface area contributed by atoms with E-state index in [-0.39, 0.29) is 12.6 Å². The summed E-state index contributed by atoms with van der Waals surface area (Å²) in [6.07, 6.45) is 1.66. The smallest absolute Gasteiger partial charge is 0.237 e. The number of ether oxygens (including phenoxy) is 1. The van der Waals surface area contributed by atoms with Crippen molar-refractivity contribution in [1.29, 1.82) is 0 Å². The minimum Gasteiger partial charge on any atom is -0.480 e. The molecule has 0 bridgehead atoms. The normalized spacial score (nSPS) is 12.2. The van der Waals surface area contributed by atoms with Crippen LogP contribution in [0.25, 0.3) is 0 Å². The van der Waals surface area contributed by atoms with E-state index in [4.69, 9.17) is 9.84 Å². The summed E-state index contributed by atoms with van der Waals surface area (Å²) in [5.74, 6) is 0.544. The number of nitrogens with zero attached hydrogens (tertiary/aromatic N) is 1. The van der Waals surface area contributed by atoms with E-state index in [1.54, 1.807) is 13.3 Å². The summed E-state index contributed by atoms with van der Waals surface area (Å²) in [5, 5.41) is 11.9. The Morgan fingerprint density at radius 3 is 3.08 bits per heavy atom. The third-order valence-corrected chi connectivity index (χ3v) is 1.64. The van der Waals surface area contributed by atoms with Crippen LogP contribution >= 0.6 is 0 Å². The summed E-state index contributed by atoms with van der Waals surface area (Å²) in [6, 6.07) is 3.67. The number of anilines is 1. The molecule has 1 aromatic heterocycles. The van der Waals surface area contributed by atoms with Crippen LogP contribution in [0.4, 0.5) is 5.69 Å². The van der Waals surface area contributed by atoms with E-state index >= 15 is 0 Å². The number of aromatic nitrogens is 1. The highest BCUT2D eigenvalue weighted by Gasteiger charge is 2.05. The molecule has 0 saturated carbocycles. The Morgan fingerprint density at radius 2 is 2.46 bits per heavy atom. The first kappa shape index (κ1) is 9.80. The monoisotopic (exact) mass is 182 g/mol. The summed E-state index contributed by atoms with van der Waals surface area (Å²) in [5.41, 5.74) is 0.798. The van der Waals surface area contributed by atoms with Gasteiger partial charge in [0, 0.05) is 12.2 Å². The molecule has 4 heteroatoms. The number of methoxy groups -OCH3 is 1. The van der Waals surface area contributed by atoms with E-state index in [0.717, 1.165) is 5.69 Å². The lowest BCUT2D eigenvalue weighted by molar-refractivity contribution is 0.281. The number of aliphatic hydroxyl groups excluding tert-OH is 1. The maximum Gasteiger partial charge on any atom is 0.237 e. The van der Waals surface area contributed by atoms with Crippen LogP contribution in [0.5, 0.6) is 5.88 Å². The van der Waals surface area contributed by atoms with Gasteiger partial charge in [-0.3, -0.25) is 0 Å². The summed E-state index contributed by atoms with van der Waals surface area (Å²) in [4.78, 5) is 4.02. The summed E-state index contributed by atoms with van der Waals surface area (Å²) < 4.78 is 5.04. The highest BCUT2D eigenvalue weighted by atomic mass is 16.5. The van der Waals surface area contributed by atoms with Gasteiger partial charge in [-0.2, -0.15) is 0 Å². The number of pyridine rings is 1. The van der Waals surface area contributed by atoms with Crippen LogP contribution < -0.4 is 10.1 Å². The highest BCUT2D eigenvalue weighted by Crippen LogP contribution is 2.20. The first-order valence-corrected chi connectivity index (χ1v) is 4.14. The quantitative estimate of drug-likeness (QED) is 0.726. The molecule has 0 amide bonds. The fourth-order valence-electron chi connectivity index (χ4n) is 0.974. The number of hydrogen-bond donors (Lipinski definition) is 2. The first-order chi connectivity index (χ1) is 6.27. The third kappa shape index (κ3) is 2.59. The zero-order valence-electron chi connectivity index (χ0n) is 7.82. The van der Waals surface area contributed by atoms with Crippen molar-refractivity contribution in [3.8, 4) is 5.88 Å². The fourth-order valence-corrected chi connectivity index (χ4v) is 0.974. The highest BCUT2D eigenvalue weighted by molar-refractivity contribution is 5.52. The Kier molecular flexibility index (Phi) is 3.52. The second-order valence-corrected chi connectivity index (χ2v) is 2.79. The molecule has 2 N–H and O–H groups in total. The van der Waals surface area contributed by atoms with Gasteiger partial charge in [0.2, 0.25) is 5.88 Å². The Bertz CT molecular complexity index is 266. The molecule has 13 heavy (non-hydrogen) atoms. The topological polar surface area (TPSA) is 54.4 Å². The van der Waals surface area contributed by atoms with Gasteiger partial charge in [0.25, 0.3) is 0 Å². The summed E-state index contributed by atoms with van der Waals surface area (Å²) in [6.45, 7) is 1.96. The van der Waals surface area contributed by atoms with Crippen LogP contribution in [0.15, 0.2) is 18.3 Å². The van der Waals surface area contributed by atoms with Gasteiger partial charge in [0.1, 0.15) is 0 Å². The van der Waals surface area contributed by atoms with Gasteiger partial charge in [-0.1, -0.05) is 0 Å². The molecule has 0 aliphatic rings. The maximum atomic E-state index is 8.84. The van der Waals surface area contributed by atoms with Gasteiger partial charge in [-0.05, 0) is 19.1 Å². The van der Waals surface area contributed by atoms with Crippen LogP contribution in [0.3, 0.4) is 0 Å². The van der Waals surface area contributed by atoms with E-state index < -0.39 is 0 Å². The van der Waals surface area contributed by atoms with Crippen molar-refractivity contribution in [3.63, 3.8) is 0 Å². The summed E-state index contributed by atoms with van der Waals surface area (Å²) in [7, 11) is 1.57. The molecule has 4 nitrogen and oxygen atoms in total. The van der Waals surface area contributed by atoms with Gasteiger partial charge in [0.15, 0.2) is 0 Å². The zero-order chi connectivity index (χ0) is 9.68. The van der Waals surface area contributed by atoms with Gasteiger partial charge in [0.05, 0.1) is 19.4 Å². The number of nitrogens with one attached hydrogen (secondary N) is 1. The second-order valence-electron chi connectivity index (χ2n) is 2.79. The molecule has 1 heterocycles. The van der Waals surface area contributed by atoms with Gasteiger partial charge in [-0.15, -0.1) is 0 Å². The average molecular weight is 182 g/mol. The van der Waals surface area contributed by atoms with Crippen LogP contribution in [-0.2, 0) is 0 Å². The number of hydrogen-bond acceptors (Lipinski definition) is 4. The maximum absolute atomic E-state index is 8.84. The molecular weight excluding hydrogens is 168 g/mol. The van der Waals surface area contributed by atoms with Crippen molar-refractivity contribution in [2.24, 2.45) is 0 Å².